The van der Waals surface area contributed by atoms with Crippen LogP contribution >= 0.6 is 0 Å². The smallest absolute Gasteiger partial charge is 0.00730 e. The summed E-state index contributed by atoms with van der Waals surface area (Å²) >= 11 is 0. The third kappa shape index (κ3) is 0.510. The van der Waals surface area contributed by atoms with E-state index < -0.39 is 0 Å². The molecule has 1 nitrogen and oxygen atoms in total. The molecule has 1 heteroatoms. The molecule has 3 atom stereocenters. The minimum absolute atomic E-state index is 0.898. The Morgan fingerprint density at radius 1 is 1.38 bits per heavy atom. The summed E-state index contributed by atoms with van der Waals surface area (Å²) in [5, 5.41) is 3.49. The van der Waals surface area contributed by atoms with E-state index in [-0.39, 0.29) is 0 Å². The van der Waals surface area contributed by atoms with E-state index >= 15 is 0 Å². The lowest BCUT2D eigenvalue weighted by Crippen LogP contribution is -2.28. The molecule has 2 fully saturated rings. The van der Waals surface area contributed by atoms with Crippen molar-refractivity contribution < 1.29 is 0 Å². The number of fused-ring (bicyclic) bond motifs is 2. The van der Waals surface area contributed by atoms with Gasteiger partial charge < -0.3 is 5.32 Å². The van der Waals surface area contributed by atoms with E-state index in [1.165, 1.54) is 19.4 Å². The van der Waals surface area contributed by atoms with Crippen LogP contribution in [0, 0.1) is 11.8 Å². The van der Waals surface area contributed by atoms with Crippen molar-refractivity contribution in [3.63, 3.8) is 0 Å². The van der Waals surface area contributed by atoms with Gasteiger partial charge in [0.1, 0.15) is 0 Å². The SMILES string of the molecule is C[C@@H]1CC2C[C@@H]1CN2. The first-order valence-corrected chi connectivity index (χ1v) is 3.59. The molecule has 1 heterocycles. The first kappa shape index (κ1) is 4.80. The van der Waals surface area contributed by atoms with Crippen LogP contribution in [0.15, 0.2) is 0 Å². The van der Waals surface area contributed by atoms with Gasteiger partial charge in [0.15, 0.2) is 0 Å². The molecule has 2 rings (SSSR count). The molecule has 2 bridgehead atoms. The van der Waals surface area contributed by atoms with E-state index in [2.05, 4.69) is 12.2 Å². The molecule has 0 radical (unpaired) electrons. The number of hydrogen-bond donors (Lipinski definition) is 1. The fourth-order valence-corrected chi connectivity index (χ4v) is 2.10. The maximum Gasteiger partial charge on any atom is 0.00730 e. The van der Waals surface area contributed by atoms with Crippen molar-refractivity contribution in [3.05, 3.63) is 0 Å². The van der Waals surface area contributed by atoms with Crippen LogP contribution in [0.2, 0.25) is 0 Å². The molecule has 1 unspecified atom stereocenters. The lowest BCUT2D eigenvalue weighted by molar-refractivity contribution is 0.379. The van der Waals surface area contributed by atoms with Crippen molar-refractivity contribution >= 4 is 0 Å². The summed E-state index contributed by atoms with van der Waals surface area (Å²) in [7, 11) is 0. The summed E-state index contributed by atoms with van der Waals surface area (Å²) in [5.74, 6) is 2.04. The highest BCUT2D eigenvalue weighted by Gasteiger charge is 2.36. The molecule has 1 aliphatic heterocycles. The average Bonchev–Trinajstić information content (AvgIpc) is 2.23. The van der Waals surface area contributed by atoms with E-state index in [0.717, 1.165) is 17.9 Å². The highest BCUT2D eigenvalue weighted by atomic mass is 15.0. The summed E-state index contributed by atoms with van der Waals surface area (Å²) < 4.78 is 0. The second-order valence-corrected chi connectivity index (χ2v) is 3.31. The molecule has 1 saturated heterocycles. The molecule has 0 spiro atoms. The maximum absolute atomic E-state index is 3.49. The molecular formula is C7H13N. The first-order valence-electron chi connectivity index (χ1n) is 3.59. The van der Waals surface area contributed by atoms with E-state index in [1.807, 2.05) is 0 Å². The monoisotopic (exact) mass is 111 g/mol. The van der Waals surface area contributed by atoms with Crippen molar-refractivity contribution in [2.45, 2.75) is 25.8 Å². The van der Waals surface area contributed by atoms with Gasteiger partial charge in [-0.05, 0) is 31.2 Å². The molecule has 0 aromatic rings. The standard InChI is InChI=1S/C7H13N/c1-5-2-7-3-6(5)4-8-7/h5-8H,2-4H2,1H3/t5-,6-,7?/m1/s1. The lowest BCUT2D eigenvalue weighted by Gasteiger charge is -2.16. The first-order chi connectivity index (χ1) is 3.86. The Balaban J connectivity index is 2.11. The second kappa shape index (κ2) is 1.47. The fraction of sp³-hybridized carbons (Fsp3) is 1.00. The van der Waals surface area contributed by atoms with Gasteiger partial charge >= 0.3 is 0 Å². The highest BCUT2D eigenvalue weighted by Crippen LogP contribution is 2.35. The Bertz CT molecular complexity index is 98.6. The summed E-state index contributed by atoms with van der Waals surface area (Å²) in [6, 6.07) is 0.898. The topological polar surface area (TPSA) is 12.0 Å². The molecule has 8 heavy (non-hydrogen) atoms. The second-order valence-electron chi connectivity index (χ2n) is 3.31. The zero-order valence-electron chi connectivity index (χ0n) is 5.35. The predicted molar refractivity (Wildman–Crippen MR) is 33.7 cm³/mol. The van der Waals surface area contributed by atoms with Crippen LogP contribution in [-0.2, 0) is 0 Å². The normalized spacial score (nSPS) is 52.9. The molecule has 1 aliphatic carbocycles. The number of hydrogen-bond acceptors (Lipinski definition) is 1. The molecule has 0 aromatic heterocycles. The Hall–Kier alpha value is -0.0400. The van der Waals surface area contributed by atoms with Gasteiger partial charge in [0.05, 0.1) is 0 Å². The minimum atomic E-state index is 0.898. The van der Waals surface area contributed by atoms with Crippen molar-refractivity contribution in [2.75, 3.05) is 6.54 Å². The van der Waals surface area contributed by atoms with Crippen LogP contribution in [0.5, 0.6) is 0 Å². The van der Waals surface area contributed by atoms with Gasteiger partial charge in [-0.25, -0.2) is 0 Å². The molecule has 46 valence electrons. The summed E-state index contributed by atoms with van der Waals surface area (Å²) in [4.78, 5) is 0. The molecule has 1 N–H and O–H groups in total. The number of nitrogens with one attached hydrogen (secondary N) is 1. The maximum atomic E-state index is 3.49. The largest absolute Gasteiger partial charge is 0.314 e. The van der Waals surface area contributed by atoms with Crippen molar-refractivity contribution in [2.24, 2.45) is 11.8 Å². The van der Waals surface area contributed by atoms with Crippen LogP contribution < -0.4 is 5.32 Å². The third-order valence-electron chi connectivity index (χ3n) is 2.72. The lowest BCUT2D eigenvalue weighted by atomic mass is 9.98. The molecule has 0 amide bonds. The Labute approximate surface area is 50.5 Å². The van der Waals surface area contributed by atoms with Crippen LogP contribution in [0.4, 0.5) is 0 Å². The van der Waals surface area contributed by atoms with Crippen LogP contribution in [0.25, 0.3) is 0 Å². The summed E-state index contributed by atoms with van der Waals surface area (Å²) in [6.07, 6.45) is 2.89. The summed E-state index contributed by atoms with van der Waals surface area (Å²) in [6.45, 7) is 3.68. The van der Waals surface area contributed by atoms with Crippen LogP contribution in [0.1, 0.15) is 19.8 Å². The molecular weight excluding hydrogens is 98.1 g/mol. The van der Waals surface area contributed by atoms with E-state index in [9.17, 15) is 0 Å². The molecule has 1 saturated carbocycles. The Kier molecular flexibility index (Phi) is 0.884. The fourth-order valence-electron chi connectivity index (χ4n) is 2.10. The minimum Gasteiger partial charge on any atom is -0.314 e. The van der Waals surface area contributed by atoms with Gasteiger partial charge in [0.25, 0.3) is 0 Å². The van der Waals surface area contributed by atoms with Gasteiger partial charge in [-0.3, -0.25) is 0 Å². The quantitative estimate of drug-likeness (QED) is 0.492. The van der Waals surface area contributed by atoms with Gasteiger partial charge in [0.2, 0.25) is 0 Å². The van der Waals surface area contributed by atoms with Crippen molar-refractivity contribution in [1.82, 2.24) is 5.32 Å². The van der Waals surface area contributed by atoms with Crippen LogP contribution in [-0.4, -0.2) is 12.6 Å². The predicted octanol–water partition coefficient (Wildman–Crippen LogP) is 1.00. The third-order valence-corrected chi connectivity index (χ3v) is 2.72. The molecule has 2 aliphatic rings. The number of rotatable bonds is 0. The Morgan fingerprint density at radius 3 is 2.50 bits per heavy atom. The van der Waals surface area contributed by atoms with Gasteiger partial charge in [-0.2, -0.15) is 0 Å². The van der Waals surface area contributed by atoms with Crippen molar-refractivity contribution in [3.8, 4) is 0 Å². The number of piperidine rings is 1. The van der Waals surface area contributed by atoms with E-state index in [0.29, 0.717) is 0 Å². The average molecular weight is 111 g/mol. The highest BCUT2D eigenvalue weighted by molar-refractivity contribution is 4.92. The zero-order chi connectivity index (χ0) is 5.56. The summed E-state index contributed by atoms with van der Waals surface area (Å²) in [5.41, 5.74) is 0. The molecule has 0 aromatic carbocycles. The van der Waals surface area contributed by atoms with Crippen LogP contribution in [0.3, 0.4) is 0 Å². The Morgan fingerprint density at radius 2 is 2.25 bits per heavy atom. The van der Waals surface area contributed by atoms with Gasteiger partial charge in [-0.1, -0.05) is 6.92 Å². The van der Waals surface area contributed by atoms with Gasteiger partial charge in [0, 0.05) is 6.04 Å². The van der Waals surface area contributed by atoms with Gasteiger partial charge in [-0.15, -0.1) is 0 Å². The zero-order valence-corrected chi connectivity index (χ0v) is 5.35. The van der Waals surface area contributed by atoms with E-state index in [4.69, 9.17) is 0 Å². The van der Waals surface area contributed by atoms with E-state index in [1.54, 1.807) is 0 Å². The van der Waals surface area contributed by atoms with Crippen molar-refractivity contribution in [1.29, 1.82) is 0 Å².